The molecule has 0 aliphatic rings. The Bertz CT molecular complexity index is 839. The molecular formula is C22H28N2O4. The number of methoxy groups -OCH3 is 2. The van der Waals surface area contributed by atoms with Gasteiger partial charge in [0.05, 0.1) is 19.9 Å². The van der Waals surface area contributed by atoms with E-state index in [9.17, 15) is 9.59 Å². The first-order valence-corrected chi connectivity index (χ1v) is 9.06. The number of hydrogen-bond acceptors (Lipinski definition) is 4. The molecule has 0 saturated heterocycles. The molecule has 0 aromatic heterocycles. The zero-order chi connectivity index (χ0) is 20.9. The van der Waals surface area contributed by atoms with Crippen LogP contribution >= 0.6 is 0 Å². The minimum Gasteiger partial charge on any atom is -0.497 e. The molecule has 0 saturated carbocycles. The number of nitrogens with zero attached hydrogens (tertiary/aromatic N) is 1. The number of carbonyl (C=O) groups excluding carboxylic acids is 2. The Balaban J connectivity index is 2.16. The predicted molar refractivity (Wildman–Crippen MR) is 111 cm³/mol. The molecule has 2 amide bonds. The molecule has 6 heteroatoms. The van der Waals surface area contributed by atoms with Crippen molar-refractivity contribution < 1.29 is 19.1 Å². The SMILES string of the molecule is COc1ccc(NC(=O)CN(C(C)=O)c2ccc(C(C)(C)C)cc2)c(OC)c1. The summed E-state index contributed by atoms with van der Waals surface area (Å²) >= 11 is 0. The highest BCUT2D eigenvalue weighted by atomic mass is 16.5. The van der Waals surface area contributed by atoms with Gasteiger partial charge in [-0.2, -0.15) is 0 Å². The third-order valence-electron chi connectivity index (χ3n) is 4.41. The topological polar surface area (TPSA) is 67.9 Å². The van der Waals surface area contributed by atoms with Crippen LogP contribution in [0.25, 0.3) is 0 Å². The van der Waals surface area contributed by atoms with E-state index < -0.39 is 0 Å². The van der Waals surface area contributed by atoms with Crippen LogP contribution < -0.4 is 19.7 Å². The van der Waals surface area contributed by atoms with Gasteiger partial charge >= 0.3 is 0 Å². The Morgan fingerprint density at radius 3 is 2.14 bits per heavy atom. The summed E-state index contributed by atoms with van der Waals surface area (Å²) in [4.78, 5) is 26.1. The molecule has 0 heterocycles. The van der Waals surface area contributed by atoms with E-state index in [4.69, 9.17) is 9.47 Å². The highest BCUT2D eigenvalue weighted by Gasteiger charge is 2.19. The standard InChI is InChI=1S/C22H28N2O4/c1-15(25)24(17-9-7-16(8-10-17)22(2,3)4)14-21(26)23-19-12-11-18(27-5)13-20(19)28-6/h7-13H,14H2,1-6H3,(H,23,26). The van der Waals surface area contributed by atoms with Crippen molar-refractivity contribution in [2.24, 2.45) is 0 Å². The molecule has 0 aliphatic carbocycles. The summed E-state index contributed by atoms with van der Waals surface area (Å²) in [5, 5.41) is 2.79. The van der Waals surface area contributed by atoms with Gasteiger partial charge in [-0.05, 0) is 35.2 Å². The second-order valence-corrected chi connectivity index (χ2v) is 7.52. The molecule has 1 N–H and O–H groups in total. The zero-order valence-corrected chi connectivity index (χ0v) is 17.3. The van der Waals surface area contributed by atoms with Crippen LogP contribution in [0.5, 0.6) is 11.5 Å². The molecule has 150 valence electrons. The fourth-order valence-corrected chi connectivity index (χ4v) is 2.76. The van der Waals surface area contributed by atoms with Crippen LogP contribution in [0.3, 0.4) is 0 Å². The van der Waals surface area contributed by atoms with Gasteiger partial charge in [-0.15, -0.1) is 0 Å². The number of rotatable bonds is 6. The van der Waals surface area contributed by atoms with Gasteiger partial charge in [0.2, 0.25) is 11.8 Å². The maximum atomic E-state index is 12.6. The Kier molecular flexibility index (Phi) is 6.67. The lowest BCUT2D eigenvalue weighted by atomic mass is 9.87. The molecular weight excluding hydrogens is 356 g/mol. The van der Waals surface area contributed by atoms with Gasteiger partial charge in [-0.1, -0.05) is 32.9 Å². The summed E-state index contributed by atoms with van der Waals surface area (Å²) in [6.07, 6.45) is 0. The van der Waals surface area contributed by atoms with Gasteiger partial charge in [0.25, 0.3) is 0 Å². The molecule has 0 aliphatic heterocycles. The molecule has 6 nitrogen and oxygen atoms in total. The number of hydrogen-bond donors (Lipinski definition) is 1. The van der Waals surface area contributed by atoms with Gasteiger partial charge in [0.1, 0.15) is 18.0 Å². The summed E-state index contributed by atoms with van der Waals surface area (Å²) in [5.74, 6) is 0.578. The number of anilines is 2. The zero-order valence-electron chi connectivity index (χ0n) is 17.3. The van der Waals surface area contributed by atoms with Crippen molar-refractivity contribution in [3.63, 3.8) is 0 Å². The molecule has 2 aromatic rings. The first-order chi connectivity index (χ1) is 13.2. The van der Waals surface area contributed by atoms with Crippen molar-refractivity contribution in [1.29, 1.82) is 0 Å². The van der Waals surface area contributed by atoms with Crippen LogP contribution in [0.1, 0.15) is 33.3 Å². The second-order valence-electron chi connectivity index (χ2n) is 7.52. The normalized spacial score (nSPS) is 10.9. The average molecular weight is 384 g/mol. The van der Waals surface area contributed by atoms with E-state index in [0.29, 0.717) is 22.9 Å². The van der Waals surface area contributed by atoms with Crippen LogP contribution in [0, 0.1) is 0 Å². The summed E-state index contributed by atoms with van der Waals surface area (Å²) in [5.41, 5.74) is 2.37. The van der Waals surface area contributed by atoms with Gasteiger partial charge in [-0.3, -0.25) is 9.59 Å². The number of benzene rings is 2. The maximum Gasteiger partial charge on any atom is 0.244 e. The van der Waals surface area contributed by atoms with E-state index >= 15 is 0 Å². The fourth-order valence-electron chi connectivity index (χ4n) is 2.76. The Morgan fingerprint density at radius 1 is 1.00 bits per heavy atom. The third kappa shape index (κ3) is 5.25. The van der Waals surface area contributed by atoms with Gasteiger partial charge in [0, 0.05) is 18.7 Å². The fraction of sp³-hybridized carbons (Fsp3) is 0.364. The molecule has 28 heavy (non-hydrogen) atoms. The summed E-state index contributed by atoms with van der Waals surface area (Å²) in [6.45, 7) is 7.72. The molecule has 2 aromatic carbocycles. The molecule has 0 radical (unpaired) electrons. The number of nitrogens with one attached hydrogen (secondary N) is 1. The minimum atomic E-state index is -0.321. The minimum absolute atomic E-state index is 0.0158. The smallest absolute Gasteiger partial charge is 0.244 e. The van der Waals surface area contributed by atoms with Crippen LogP contribution in [0.15, 0.2) is 42.5 Å². The van der Waals surface area contributed by atoms with Crippen LogP contribution in [-0.4, -0.2) is 32.6 Å². The molecule has 2 rings (SSSR count). The van der Waals surface area contributed by atoms with Crippen molar-refractivity contribution in [3.05, 3.63) is 48.0 Å². The van der Waals surface area contributed by atoms with Crippen LogP contribution in [0.4, 0.5) is 11.4 Å². The highest BCUT2D eigenvalue weighted by molar-refractivity contribution is 6.02. The molecule has 0 spiro atoms. The van der Waals surface area contributed by atoms with Gasteiger partial charge < -0.3 is 19.7 Å². The molecule has 0 fully saturated rings. The Hall–Kier alpha value is -3.02. The van der Waals surface area contributed by atoms with Crippen molar-refractivity contribution in [2.45, 2.75) is 33.1 Å². The highest BCUT2D eigenvalue weighted by Crippen LogP contribution is 2.29. The van der Waals surface area contributed by atoms with Gasteiger partial charge in [0.15, 0.2) is 0 Å². The summed E-state index contributed by atoms with van der Waals surface area (Å²) in [6, 6.07) is 12.8. The Morgan fingerprint density at radius 2 is 1.64 bits per heavy atom. The van der Waals surface area contributed by atoms with Crippen molar-refractivity contribution >= 4 is 23.2 Å². The van der Waals surface area contributed by atoms with E-state index in [1.54, 1.807) is 25.3 Å². The summed E-state index contributed by atoms with van der Waals surface area (Å²) < 4.78 is 10.5. The van der Waals surface area contributed by atoms with E-state index in [0.717, 1.165) is 5.56 Å². The monoisotopic (exact) mass is 384 g/mol. The first kappa shape index (κ1) is 21.3. The maximum absolute atomic E-state index is 12.6. The number of amides is 2. The Labute approximate surface area is 166 Å². The third-order valence-corrected chi connectivity index (χ3v) is 4.41. The van der Waals surface area contributed by atoms with Crippen molar-refractivity contribution in [3.8, 4) is 11.5 Å². The van der Waals surface area contributed by atoms with Crippen molar-refractivity contribution in [2.75, 3.05) is 31.0 Å². The first-order valence-electron chi connectivity index (χ1n) is 9.06. The number of ether oxygens (including phenoxy) is 2. The van der Waals surface area contributed by atoms with Crippen LogP contribution in [-0.2, 0) is 15.0 Å². The van der Waals surface area contributed by atoms with Crippen molar-refractivity contribution in [1.82, 2.24) is 0 Å². The summed E-state index contributed by atoms with van der Waals surface area (Å²) in [7, 11) is 3.08. The van der Waals surface area contributed by atoms with E-state index in [1.165, 1.54) is 18.9 Å². The quantitative estimate of drug-likeness (QED) is 0.818. The second kappa shape index (κ2) is 8.78. The van der Waals surface area contributed by atoms with E-state index in [2.05, 4.69) is 26.1 Å². The lowest BCUT2D eigenvalue weighted by Crippen LogP contribution is -2.36. The largest absolute Gasteiger partial charge is 0.497 e. The molecule has 0 unspecified atom stereocenters. The van der Waals surface area contributed by atoms with Gasteiger partial charge in [-0.25, -0.2) is 0 Å². The predicted octanol–water partition coefficient (Wildman–Crippen LogP) is 3.99. The van der Waals surface area contributed by atoms with Crippen LogP contribution in [0.2, 0.25) is 0 Å². The lowest BCUT2D eigenvalue weighted by Gasteiger charge is -2.23. The molecule has 0 bridgehead atoms. The van der Waals surface area contributed by atoms with E-state index in [1.807, 2.05) is 24.3 Å². The number of carbonyl (C=O) groups is 2. The molecule has 0 atom stereocenters. The average Bonchev–Trinajstić information content (AvgIpc) is 2.65. The van der Waals surface area contributed by atoms with E-state index in [-0.39, 0.29) is 23.8 Å². The lowest BCUT2D eigenvalue weighted by molar-refractivity contribution is -0.120.